The Morgan fingerprint density at radius 2 is 2.08 bits per heavy atom. The lowest BCUT2D eigenvalue weighted by molar-refractivity contribution is 0.468. The molecule has 7 nitrogen and oxygen atoms in total. The second kappa shape index (κ2) is 6.18. The van der Waals surface area contributed by atoms with Gasteiger partial charge in [-0.05, 0) is 31.2 Å². The maximum Gasteiger partial charge on any atom is 0.421 e. The van der Waals surface area contributed by atoms with Crippen LogP contribution in [0.1, 0.15) is 18.8 Å². The number of rotatable bonds is 5. The molecule has 0 fully saturated rings. The first-order valence-electron chi connectivity index (χ1n) is 8.24. The first-order valence-corrected chi connectivity index (χ1v) is 8.24. The summed E-state index contributed by atoms with van der Waals surface area (Å²) in [6, 6.07) is 11.6. The largest absolute Gasteiger partial charge is 0.421 e. The van der Waals surface area contributed by atoms with Crippen molar-refractivity contribution in [3.63, 3.8) is 0 Å². The predicted octanol–water partition coefficient (Wildman–Crippen LogP) is 2.23. The summed E-state index contributed by atoms with van der Waals surface area (Å²) in [5, 5.41) is 3.42. The molecule has 0 amide bonds. The molecule has 1 aromatic carbocycles. The number of pyridine rings is 1. The number of fused-ring (bicyclic) bond motifs is 2. The van der Waals surface area contributed by atoms with Crippen LogP contribution >= 0.6 is 0 Å². The molecule has 0 bridgehead atoms. The highest BCUT2D eigenvalue weighted by atomic mass is 16.4. The minimum atomic E-state index is -0.383. The first kappa shape index (κ1) is 15.6. The van der Waals surface area contributed by atoms with Crippen molar-refractivity contribution < 1.29 is 4.42 Å². The number of nitrogens with one attached hydrogen (secondary N) is 1. The summed E-state index contributed by atoms with van der Waals surface area (Å²) < 4.78 is 8.84. The topological polar surface area (TPSA) is 77.9 Å². The van der Waals surface area contributed by atoms with Crippen molar-refractivity contribution in [2.24, 2.45) is 7.05 Å². The normalized spacial score (nSPS) is 12.9. The standard InChI is InChI=1S/C18H19N5O2/c1-12(16-21-13-6-3-4-7-14(13)22(16)2)19-10-11-23-17-15(25-18(23)24)8-5-9-20-17/h3-9,12,19H,10-11H2,1-2H3/t12-/m1/s1. The fourth-order valence-electron chi connectivity index (χ4n) is 3.13. The third-order valence-corrected chi connectivity index (χ3v) is 4.42. The molecule has 4 aromatic rings. The molecule has 3 heterocycles. The lowest BCUT2D eigenvalue weighted by Gasteiger charge is -2.13. The molecule has 0 saturated carbocycles. The summed E-state index contributed by atoms with van der Waals surface area (Å²) in [4.78, 5) is 20.9. The van der Waals surface area contributed by atoms with E-state index in [4.69, 9.17) is 9.40 Å². The third kappa shape index (κ3) is 2.72. The number of hydrogen-bond acceptors (Lipinski definition) is 5. The molecule has 0 unspecified atom stereocenters. The van der Waals surface area contributed by atoms with E-state index in [1.54, 1.807) is 22.9 Å². The van der Waals surface area contributed by atoms with E-state index in [9.17, 15) is 4.79 Å². The maximum absolute atomic E-state index is 12.0. The minimum absolute atomic E-state index is 0.0548. The van der Waals surface area contributed by atoms with Crippen molar-refractivity contribution in [3.8, 4) is 0 Å². The van der Waals surface area contributed by atoms with Gasteiger partial charge in [0.15, 0.2) is 11.2 Å². The van der Waals surface area contributed by atoms with E-state index in [0.717, 1.165) is 16.9 Å². The van der Waals surface area contributed by atoms with Gasteiger partial charge in [-0.3, -0.25) is 4.57 Å². The summed E-state index contributed by atoms with van der Waals surface area (Å²) in [5.74, 6) is 0.578. The van der Waals surface area contributed by atoms with Gasteiger partial charge in [0.25, 0.3) is 0 Å². The molecule has 0 spiro atoms. The fourth-order valence-corrected chi connectivity index (χ4v) is 3.13. The number of para-hydroxylation sites is 2. The van der Waals surface area contributed by atoms with E-state index in [0.29, 0.717) is 24.3 Å². The van der Waals surface area contributed by atoms with Gasteiger partial charge in [0.1, 0.15) is 5.82 Å². The van der Waals surface area contributed by atoms with Crippen LogP contribution in [0.3, 0.4) is 0 Å². The van der Waals surface area contributed by atoms with Crippen LogP contribution in [0, 0.1) is 0 Å². The third-order valence-electron chi connectivity index (χ3n) is 4.42. The van der Waals surface area contributed by atoms with Crippen LogP contribution in [-0.2, 0) is 13.6 Å². The SMILES string of the molecule is C[C@@H](NCCn1c(=O)oc2cccnc21)c1nc2ccccc2n1C. The smallest absolute Gasteiger partial charge is 0.406 e. The Bertz CT molecular complexity index is 1090. The van der Waals surface area contributed by atoms with Gasteiger partial charge >= 0.3 is 5.76 Å². The van der Waals surface area contributed by atoms with E-state index in [2.05, 4.69) is 27.9 Å². The second-order valence-electron chi connectivity index (χ2n) is 6.04. The van der Waals surface area contributed by atoms with Gasteiger partial charge in [-0.2, -0.15) is 0 Å². The van der Waals surface area contributed by atoms with E-state index in [1.807, 2.05) is 25.2 Å². The van der Waals surface area contributed by atoms with Gasteiger partial charge in [0.2, 0.25) is 0 Å². The molecule has 7 heteroatoms. The molecular weight excluding hydrogens is 318 g/mol. The van der Waals surface area contributed by atoms with Crippen molar-refractivity contribution in [3.05, 3.63) is 59.0 Å². The summed E-state index contributed by atoms with van der Waals surface area (Å²) in [7, 11) is 2.01. The molecule has 0 saturated heterocycles. The van der Waals surface area contributed by atoms with Crippen molar-refractivity contribution in [1.29, 1.82) is 0 Å². The average Bonchev–Trinajstić information content (AvgIpc) is 3.13. The molecule has 0 aliphatic heterocycles. The van der Waals surface area contributed by atoms with Crippen LogP contribution < -0.4 is 11.1 Å². The maximum atomic E-state index is 12.0. The predicted molar refractivity (Wildman–Crippen MR) is 95.4 cm³/mol. The molecule has 25 heavy (non-hydrogen) atoms. The Hall–Kier alpha value is -2.93. The van der Waals surface area contributed by atoms with Crippen molar-refractivity contribution in [2.75, 3.05) is 6.54 Å². The van der Waals surface area contributed by atoms with Gasteiger partial charge in [-0.25, -0.2) is 14.8 Å². The highest BCUT2D eigenvalue weighted by Crippen LogP contribution is 2.19. The van der Waals surface area contributed by atoms with Crippen LogP contribution in [0.15, 0.2) is 51.8 Å². The molecule has 1 atom stereocenters. The molecule has 0 aliphatic rings. The van der Waals surface area contributed by atoms with Crippen LogP contribution in [0.4, 0.5) is 0 Å². The zero-order chi connectivity index (χ0) is 17.4. The molecule has 0 radical (unpaired) electrons. The van der Waals surface area contributed by atoms with E-state index < -0.39 is 0 Å². The summed E-state index contributed by atoms with van der Waals surface area (Å²) in [6.07, 6.45) is 1.66. The summed E-state index contributed by atoms with van der Waals surface area (Å²) in [6.45, 7) is 3.16. The Morgan fingerprint density at radius 3 is 2.92 bits per heavy atom. The van der Waals surface area contributed by atoms with E-state index in [1.165, 1.54) is 0 Å². The Balaban J connectivity index is 1.50. The number of aryl methyl sites for hydroxylation is 1. The highest BCUT2D eigenvalue weighted by molar-refractivity contribution is 5.75. The number of nitrogens with zero attached hydrogens (tertiary/aromatic N) is 4. The Morgan fingerprint density at radius 1 is 1.24 bits per heavy atom. The van der Waals surface area contributed by atoms with Crippen LogP contribution in [0.2, 0.25) is 0 Å². The number of hydrogen-bond donors (Lipinski definition) is 1. The number of oxazole rings is 1. The molecule has 1 N–H and O–H groups in total. The quantitative estimate of drug-likeness (QED) is 0.604. The molecule has 0 aliphatic carbocycles. The summed E-state index contributed by atoms with van der Waals surface area (Å²) >= 11 is 0. The Labute approximate surface area is 143 Å². The minimum Gasteiger partial charge on any atom is -0.406 e. The van der Waals surface area contributed by atoms with Crippen LogP contribution in [-0.4, -0.2) is 25.6 Å². The lowest BCUT2D eigenvalue weighted by atomic mass is 10.3. The van der Waals surface area contributed by atoms with Crippen LogP contribution in [0.5, 0.6) is 0 Å². The highest BCUT2D eigenvalue weighted by Gasteiger charge is 2.15. The van der Waals surface area contributed by atoms with E-state index >= 15 is 0 Å². The molecule has 4 rings (SSSR count). The Kier molecular flexibility index (Phi) is 3.85. The molecule has 128 valence electrons. The number of imidazole rings is 1. The average molecular weight is 337 g/mol. The lowest BCUT2D eigenvalue weighted by Crippen LogP contribution is -2.28. The molecular formula is C18H19N5O2. The first-order chi connectivity index (χ1) is 12.1. The molecule has 3 aromatic heterocycles. The number of aromatic nitrogens is 4. The monoisotopic (exact) mass is 337 g/mol. The fraction of sp³-hybridized carbons (Fsp3) is 0.278. The van der Waals surface area contributed by atoms with Gasteiger partial charge < -0.3 is 14.3 Å². The van der Waals surface area contributed by atoms with Gasteiger partial charge in [-0.1, -0.05) is 12.1 Å². The zero-order valence-corrected chi connectivity index (χ0v) is 14.1. The van der Waals surface area contributed by atoms with Crippen molar-refractivity contribution in [1.82, 2.24) is 24.4 Å². The van der Waals surface area contributed by atoms with Crippen LogP contribution in [0.25, 0.3) is 22.3 Å². The second-order valence-corrected chi connectivity index (χ2v) is 6.04. The van der Waals surface area contributed by atoms with Gasteiger partial charge in [0, 0.05) is 26.3 Å². The number of benzene rings is 1. The summed E-state index contributed by atoms with van der Waals surface area (Å²) in [5.41, 5.74) is 3.17. The van der Waals surface area contributed by atoms with Crippen molar-refractivity contribution in [2.45, 2.75) is 19.5 Å². The van der Waals surface area contributed by atoms with E-state index in [-0.39, 0.29) is 11.8 Å². The van der Waals surface area contributed by atoms with Gasteiger partial charge in [0.05, 0.1) is 17.1 Å². The van der Waals surface area contributed by atoms with Gasteiger partial charge in [-0.15, -0.1) is 0 Å². The zero-order valence-electron chi connectivity index (χ0n) is 14.1. The van der Waals surface area contributed by atoms with Crippen molar-refractivity contribution >= 4 is 22.3 Å².